The van der Waals surface area contributed by atoms with E-state index in [2.05, 4.69) is 26.5 Å². The lowest BCUT2D eigenvalue weighted by molar-refractivity contribution is -0.117. The van der Waals surface area contributed by atoms with E-state index in [1.165, 1.54) is 24.8 Å². The Kier molecular flexibility index (Phi) is 3.80. The molecule has 4 aliphatic rings. The highest BCUT2D eigenvalue weighted by molar-refractivity contribution is 5.91. The lowest BCUT2D eigenvalue weighted by atomic mass is 9.45. The Hall–Kier alpha value is -1.36. The number of fused-ring (bicyclic) bond motifs is 5. The first-order valence-electron chi connectivity index (χ1n) is 10.2. The van der Waals surface area contributed by atoms with Gasteiger partial charge in [0.05, 0.1) is 11.5 Å². The van der Waals surface area contributed by atoms with Gasteiger partial charge in [0.2, 0.25) is 0 Å². The predicted octanol–water partition coefficient (Wildman–Crippen LogP) is 5.60. The van der Waals surface area contributed by atoms with Gasteiger partial charge in [-0.3, -0.25) is 4.79 Å². The van der Waals surface area contributed by atoms with Gasteiger partial charge in [-0.2, -0.15) is 5.26 Å². The molecule has 2 nitrogen and oxygen atoms in total. The van der Waals surface area contributed by atoms with Crippen molar-refractivity contribution >= 4 is 5.78 Å². The summed E-state index contributed by atoms with van der Waals surface area (Å²) in [5.41, 5.74) is 1.60. The molecule has 4 aliphatic carbocycles. The summed E-state index contributed by atoms with van der Waals surface area (Å²) in [6.45, 7) is 8.79. The van der Waals surface area contributed by atoms with E-state index in [0.717, 1.165) is 44.4 Å². The summed E-state index contributed by atoms with van der Waals surface area (Å²) < 4.78 is 0. The number of ketones is 1. The van der Waals surface area contributed by atoms with Crippen LogP contribution >= 0.6 is 0 Å². The van der Waals surface area contributed by atoms with Crippen LogP contribution in [0.3, 0.4) is 0 Å². The number of carbonyl (C=O) groups is 1. The molecule has 2 heteroatoms. The Morgan fingerprint density at radius 3 is 2.68 bits per heavy atom. The van der Waals surface area contributed by atoms with E-state index >= 15 is 0 Å². The van der Waals surface area contributed by atoms with Crippen LogP contribution < -0.4 is 0 Å². The van der Waals surface area contributed by atoms with Crippen LogP contribution in [0.4, 0.5) is 0 Å². The van der Waals surface area contributed by atoms with Gasteiger partial charge in [-0.15, -0.1) is 6.58 Å². The first-order chi connectivity index (χ1) is 11.9. The van der Waals surface area contributed by atoms with Crippen LogP contribution in [0.5, 0.6) is 0 Å². The van der Waals surface area contributed by atoms with Crippen molar-refractivity contribution in [2.24, 2.45) is 34.0 Å². The summed E-state index contributed by atoms with van der Waals surface area (Å²) in [6, 6.07) is 2.76. The quantitative estimate of drug-likeness (QED) is 0.615. The van der Waals surface area contributed by atoms with Crippen molar-refractivity contribution in [1.29, 1.82) is 5.26 Å². The van der Waals surface area contributed by atoms with Crippen LogP contribution in [0, 0.1) is 45.3 Å². The van der Waals surface area contributed by atoms with Gasteiger partial charge in [-0.05, 0) is 86.0 Å². The first-order valence-corrected chi connectivity index (χ1v) is 10.2. The molecule has 0 aromatic heterocycles. The van der Waals surface area contributed by atoms with Crippen LogP contribution in [0.1, 0.15) is 71.6 Å². The summed E-state index contributed by atoms with van der Waals surface area (Å²) in [5.74, 6) is 2.44. The average molecular weight is 338 g/mol. The number of hydrogen-bond acceptors (Lipinski definition) is 2. The van der Waals surface area contributed by atoms with Crippen LogP contribution in [0.25, 0.3) is 0 Å². The van der Waals surface area contributed by atoms with Crippen LogP contribution in [-0.4, -0.2) is 5.78 Å². The van der Waals surface area contributed by atoms with Crippen molar-refractivity contribution < 1.29 is 4.79 Å². The zero-order valence-electron chi connectivity index (χ0n) is 15.8. The van der Waals surface area contributed by atoms with Gasteiger partial charge in [-0.1, -0.05) is 25.5 Å². The van der Waals surface area contributed by atoms with Crippen molar-refractivity contribution in [3.8, 4) is 6.07 Å². The second-order valence-corrected chi connectivity index (χ2v) is 9.65. The predicted molar refractivity (Wildman–Crippen MR) is 99.6 cm³/mol. The molecule has 0 N–H and O–H groups in total. The minimum Gasteiger partial charge on any atom is -0.295 e. The van der Waals surface area contributed by atoms with Crippen molar-refractivity contribution in [3.63, 3.8) is 0 Å². The van der Waals surface area contributed by atoms with Gasteiger partial charge in [0.15, 0.2) is 5.78 Å². The third kappa shape index (κ3) is 2.11. The molecule has 0 heterocycles. The summed E-state index contributed by atoms with van der Waals surface area (Å²) in [5, 5.41) is 10.1. The first kappa shape index (κ1) is 17.1. The monoisotopic (exact) mass is 337 g/mol. The summed E-state index contributed by atoms with van der Waals surface area (Å²) >= 11 is 0. The highest BCUT2D eigenvalue weighted by Crippen LogP contribution is 2.70. The molecule has 6 atom stereocenters. The lowest BCUT2D eigenvalue weighted by Gasteiger charge is -2.59. The van der Waals surface area contributed by atoms with Gasteiger partial charge in [0.25, 0.3) is 0 Å². The molecule has 3 fully saturated rings. The maximum Gasteiger partial charge on any atom is 0.155 e. The molecule has 0 aromatic carbocycles. The van der Waals surface area contributed by atoms with Crippen LogP contribution in [0.15, 0.2) is 24.3 Å². The molecule has 0 unspecified atom stereocenters. The molecule has 134 valence electrons. The van der Waals surface area contributed by atoms with E-state index < -0.39 is 0 Å². The summed E-state index contributed by atoms with van der Waals surface area (Å²) in [4.78, 5) is 11.9. The zero-order valence-corrected chi connectivity index (χ0v) is 15.8. The molecule has 0 bridgehead atoms. The minimum absolute atomic E-state index is 0.138. The van der Waals surface area contributed by atoms with E-state index in [-0.39, 0.29) is 16.2 Å². The zero-order chi connectivity index (χ0) is 17.9. The smallest absolute Gasteiger partial charge is 0.155 e. The number of allylic oxidation sites excluding steroid dienone is 2. The van der Waals surface area contributed by atoms with E-state index in [9.17, 15) is 10.1 Å². The number of nitriles is 1. The molecule has 25 heavy (non-hydrogen) atoms. The van der Waals surface area contributed by atoms with E-state index in [1.807, 2.05) is 12.2 Å². The standard InChI is InChI=1S/C23H31NO/c1-4-10-23(15-24)13-9-20-18-6-5-16-14-17(25)7-11-21(16,2)19(18)8-12-22(20,23)3/h4,14,18-20H,1,5-13H2,2-3H3/t18-,19+,20+,21+,22+,23+/m1/s1. The SMILES string of the molecule is C=CC[C@@]1(C#N)CC[C@H]2[C@@H]3CCC4=CC(=O)CC[C@]4(C)[C@H]3CC[C@@]21C. The maximum absolute atomic E-state index is 11.9. The second-order valence-electron chi connectivity index (χ2n) is 9.65. The van der Waals surface area contributed by atoms with E-state index in [0.29, 0.717) is 17.6 Å². The molecule has 4 rings (SSSR count). The molecule has 0 spiro atoms. The molecule has 0 aliphatic heterocycles. The fourth-order valence-corrected chi connectivity index (χ4v) is 7.50. The number of nitrogens with zero attached hydrogens (tertiary/aromatic N) is 1. The van der Waals surface area contributed by atoms with Crippen molar-refractivity contribution in [1.82, 2.24) is 0 Å². The average Bonchev–Trinajstić information content (AvgIpc) is 2.89. The van der Waals surface area contributed by atoms with Gasteiger partial charge in [-0.25, -0.2) is 0 Å². The van der Waals surface area contributed by atoms with Gasteiger partial charge in [0, 0.05) is 6.42 Å². The minimum atomic E-state index is -0.204. The van der Waals surface area contributed by atoms with Gasteiger partial charge >= 0.3 is 0 Å². The third-order valence-corrected chi connectivity index (χ3v) is 9.03. The Labute approximate surface area is 152 Å². The highest BCUT2D eigenvalue weighted by Gasteiger charge is 2.64. The fraction of sp³-hybridized carbons (Fsp3) is 0.739. The molecule has 0 saturated heterocycles. The Morgan fingerprint density at radius 1 is 1.20 bits per heavy atom. The summed E-state index contributed by atoms with van der Waals surface area (Å²) in [7, 11) is 0. The Morgan fingerprint density at radius 2 is 1.96 bits per heavy atom. The number of rotatable bonds is 2. The largest absolute Gasteiger partial charge is 0.295 e. The van der Waals surface area contributed by atoms with Gasteiger partial charge < -0.3 is 0 Å². The molecule has 0 amide bonds. The maximum atomic E-state index is 11.9. The van der Waals surface area contributed by atoms with Crippen LogP contribution in [0.2, 0.25) is 0 Å². The summed E-state index contributed by atoms with van der Waals surface area (Å²) in [6.07, 6.45) is 13.5. The van der Waals surface area contributed by atoms with Crippen molar-refractivity contribution in [2.45, 2.75) is 71.6 Å². The lowest BCUT2D eigenvalue weighted by Crippen LogP contribution is -2.52. The molecule has 0 aromatic rings. The van der Waals surface area contributed by atoms with Crippen molar-refractivity contribution in [3.05, 3.63) is 24.3 Å². The molecule has 0 radical (unpaired) electrons. The molecular formula is C23H31NO. The van der Waals surface area contributed by atoms with Crippen LogP contribution in [-0.2, 0) is 4.79 Å². The number of hydrogen-bond donors (Lipinski definition) is 0. The third-order valence-electron chi connectivity index (χ3n) is 9.03. The fourth-order valence-electron chi connectivity index (χ4n) is 7.50. The normalized spacial score (nSPS) is 48.6. The highest BCUT2D eigenvalue weighted by atomic mass is 16.1. The molecule has 3 saturated carbocycles. The van der Waals surface area contributed by atoms with Crippen molar-refractivity contribution in [2.75, 3.05) is 0 Å². The Balaban J connectivity index is 1.69. The Bertz CT molecular complexity index is 685. The number of carbonyl (C=O) groups excluding carboxylic acids is 1. The van der Waals surface area contributed by atoms with E-state index in [1.54, 1.807) is 0 Å². The second kappa shape index (κ2) is 5.57. The van der Waals surface area contributed by atoms with Gasteiger partial charge in [0.1, 0.15) is 0 Å². The topological polar surface area (TPSA) is 40.9 Å². The molecular weight excluding hydrogens is 306 g/mol. The van der Waals surface area contributed by atoms with E-state index in [4.69, 9.17) is 0 Å².